The normalized spacial score (nSPS) is 15.9. The lowest BCUT2D eigenvalue weighted by atomic mass is 9.92. The summed E-state index contributed by atoms with van der Waals surface area (Å²) in [6.07, 6.45) is 0.279. The second-order valence-corrected chi connectivity index (χ2v) is 9.70. The summed E-state index contributed by atoms with van der Waals surface area (Å²) in [7, 11) is -3.86. The first-order valence-corrected chi connectivity index (χ1v) is 12.1. The quantitative estimate of drug-likeness (QED) is 0.519. The highest BCUT2D eigenvalue weighted by Gasteiger charge is 2.37. The first-order chi connectivity index (χ1) is 16.3. The summed E-state index contributed by atoms with van der Waals surface area (Å²) in [5.41, 5.74) is 2.07. The molecule has 34 heavy (non-hydrogen) atoms. The standard InChI is InChI=1S/C25H23FN2O5S/c26-19-10-12-20(13-11-19)27-24(29)17-33-25(30)16-23-22-9-5-4-6-18(22)14-15-28(23)34(31,32)21-7-2-1-3-8-21/h1-13,23H,14-17H2,(H,27,29). The molecule has 1 N–H and O–H groups in total. The van der Waals surface area contributed by atoms with E-state index in [-0.39, 0.29) is 17.9 Å². The van der Waals surface area contributed by atoms with Crippen molar-refractivity contribution in [3.63, 3.8) is 0 Å². The van der Waals surface area contributed by atoms with Gasteiger partial charge in [-0.2, -0.15) is 4.31 Å². The van der Waals surface area contributed by atoms with Crippen LogP contribution in [-0.4, -0.2) is 37.8 Å². The largest absolute Gasteiger partial charge is 0.456 e. The summed E-state index contributed by atoms with van der Waals surface area (Å²) in [4.78, 5) is 24.9. The SMILES string of the molecule is O=C(COC(=O)CC1c2ccccc2CCN1S(=O)(=O)c1ccccc1)Nc1ccc(F)cc1. The fourth-order valence-electron chi connectivity index (χ4n) is 3.95. The van der Waals surface area contributed by atoms with E-state index in [1.165, 1.54) is 40.7 Å². The Morgan fingerprint density at radius 1 is 0.971 bits per heavy atom. The Hall–Kier alpha value is -3.56. The number of nitrogens with one attached hydrogen (secondary N) is 1. The lowest BCUT2D eigenvalue weighted by Crippen LogP contribution is -2.41. The van der Waals surface area contributed by atoms with E-state index in [1.54, 1.807) is 30.3 Å². The Kier molecular flexibility index (Phi) is 7.04. The molecule has 1 aliphatic rings. The van der Waals surface area contributed by atoms with Crippen molar-refractivity contribution in [1.82, 2.24) is 4.31 Å². The topological polar surface area (TPSA) is 92.8 Å². The number of sulfonamides is 1. The van der Waals surface area contributed by atoms with Crippen molar-refractivity contribution in [2.45, 2.75) is 23.8 Å². The van der Waals surface area contributed by atoms with Crippen LogP contribution in [0.5, 0.6) is 0 Å². The molecule has 0 bridgehead atoms. The number of ether oxygens (including phenoxy) is 1. The monoisotopic (exact) mass is 482 g/mol. The highest BCUT2D eigenvalue weighted by atomic mass is 32.2. The molecule has 9 heteroatoms. The van der Waals surface area contributed by atoms with Gasteiger partial charge in [0.25, 0.3) is 5.91 Å². The number of benzene rings is 3. The maximum atomic E-state index is 13.4. The summed E-state index contributed by atoms with van der Waals surface area (Å²) >= 11 is 0. The lowest BCUT2D eigenvalue weighted by Gasteiger charge is -2.36. The maximum absolute atomic E-state index is 13.4. The Bertz CT molecular complexity index is 1280. The highest BCUT2D eigenvalue weighted by Crippen LogP contribution is 2.36. The third kappa shape index (κ3) is 5.32. The minimum absolute atomic E-state index is 0.145. The Balaban J connectivity index is 1.48. The molecule has 176 valence electrons. The molecule has 7 nitrogen and oxygen atoms in total. The van der Waals surface area contributed by atoms with Crippen molar-refractivity contribution in [2.24, 2.45) is 0 Å². The van der Waals surface area contributed by atoms with Gasteiger partial charge in [-0.05, 0) is 53.9 Å². The lowest BCUT2D eigenvalue weighted by molar-refractivity contribution is -0.148. The van der Waals surface area contributed by atoms with Gasteiger partial charge in [-0.3, -0.25) is 9.59 Å². The van der Waals surface area contributed by atoms with E-state index in [0.29, 0.717) is 12.1 Å². The minimum atomic E-state index is -3.86. The van der Waals surface area contributed by atoms with E-state index in [1.807, 2.05) is 12.1 Å². The van der Waals surface area contributed by atoms with E-state index in [0.717, 1.165) is 11.1 Å². The zero-order valence-corrected chi connectivity index (χ0v) is 19.0. The zero-order valence-electron chi connectivity index (χ0n) is 18.2. The number of hydrogen-bond donors (Lipinski definition) is 1. The van der Waals surface area contributed by atoms with Gasteiger partial charge in [-0.1, -0.05) is 42.5 Å². The van der Waals surface area contributed by atoms with Gasteiger partial charge < -0.3 is 10.1 Å². The predicted molar refractivity (Wildman–Crippen MR) is 124 cm³/mol. The highest BCUT2D eigenvalue weighted by molar-refractivity contribution is 7.89. The van der Waals surface area contributed by atoms with Crippen molar-refractivity contribution in [3.8, 4) is 0 Å². The molecule has 0 radical (unpaired) electrons. The summed E-state index contributed by atoms with van der Waals surface area (Å²) in [6, 6.07) is 19.9. The summed E-state index contributed by atoms with van der Waals surface area (Å²) in [5, 5.41) is 2.51. The number of amides is 1. The van der Waals surface area contributed by atoms with Crippen LogP contribution >= 0.6 is 0 Å². The molecule has 1 amide bonds. The second kappa shape index (κ2) is 10.1. The number of esters is 1. The minimum Gasteiger partial charge on any atom is -0.456 e. The van der Waals surface area contributed by atoms with Crippen LogP contribution in [0.25, 0.3) is 0 Å². The van der Waals surface area contributed by atoms with Gasteiger partial charge in [0.2, 0.25) is 10.0 Å². The van der Waals surface area contributed by atoms with E-state index in [9.17, 15) is 22.4 Å². The molecule has 3 aromatic carbocycles. The number of fused-ring (bicyclic) bond motifs is 1. The van der Waals surface area contributed by atoms with Gasteiger partial charge in [0.15, 0.2) is 6.61 Å². The Labute approximate surface area is 197 Å². The van der Waals surface area contributed by atoms with E-state index >= 15 is 0 Å². The number of hydrogen-bond acceptors (Lipinski definition) is 5. The molecule has 1 unspecified atom stereocenters. The van der Waals surface area contributed by atoms with Crippen molar-refractivity contribution >= 4 is 27.6 Å². The number of nitrogens with zero attached hydrogens (tertiary/aromatic N) is 1. The van der Waals surface area contributed by atoms with Gasteiger partial charge in [0, 0.05) is 12.2 Å². The first-order valence-electron chi connectivity index (χ1n) is 10.7. The smallest absolute Gasteiger partial charge is 0.308 e. The molecule has 0 aromatic heterocycles. The molecule has 0 saturated heterocycles. The number of carbonyl (C=O) groups is 2. The number of anilines is 1. The predicted octanol–water partition coefficient (Wildman–Crippen LogP) is 3.69. The van der Waals surface area contributed by atoms with Crippen LogP contribution in [0.3, 0.4) is 0 Å². The fraction of sp³-hybridized carbons (Fsp3) is 0.200. The molecule has 0 spiro atoms. The molecular weight excluding hydrogens is 459 g/mol. The molecule has 1 aliphatic heterocycles. The van der Waals surface area contributed by atoms with Gasteiger partial charge in [-0.25, -0.2) is 12.8 Å². The average Bonchev–Trinajstić information content (AvgIpc) is 2.85. The van der Waals surface area contributed by atoms with Crippen molar-refractivity contribution in [3.05, 3.63) is 95.8 Å². The van der Waals surface area contributed by atoms with Gasteiger partial charge in [0.05, 0.1) is 17.4 Å². The van der Waals surface area contributed by atoms with Gasteiger partial charge in [0.1, 0.15) is 5.82 Å². The van der Waals surface area contributed by atoms with Crippen LogP contribution in [0.1, 0.15) is 23.6 Å². The fourth-order valence-corrected chi connectivity index (χ4v) is 5.58. The van der Waals surface area contributed by atoms with E-state index in [4.69, 9.17) is 4.74 Å². The molecule has 0 fully saturated rings. The molecule has 4 rings (SSSR count). The third-order valence-corrected chi connectivity index (χ3v) is 7.49. The van der Waals surface area contributed by atoms with Crippen LogP contribution in [0.4, 0.5) is 10.1 Å². The third-order valence-electron chi connectivity index (χ3n) is 5.57. The first kappa shape index (κ1) is 23.6. The number of rotatable bonds is 7. The summed E-state index contributed by atoms with van der Waals surface area (Å²) in [6.45, 7) is -0.326. The Morgan fingerprint density at radius 2 is 1.65 bits per heavy atom. The molecule has 1 atom stereocenters. The zero-order chi connectivity index (χ0) is 24.1. The van der Waals surface area contributed by atoms with E-state index < -0.39 is 40.4 Å². The van der Waals surface area contributed by atoms with Crippen LogP contribution in [0.15, 0.2) is 83.8 Å². The van der Waals surface area contributed by atoms with Crippen molar-refractivity contribution < 1.29 is 27.1 Å². The van der Waals surface area contributed by atoms with Gasteiger partial charge >= 0.3 is 5.97 Å². The van der Waals surface area contributed by atoms with E-state index in [2.05, 4.69) is 5.32 Å². The number of carbonyl (C=O) groups excluding carboxylic acids is 2. The summed E-state index contributed by atoms with van der Waals surface area (Å²) in [5.74, 6) is -1.73. The van der Waals surface area contributed by atoms with Crippen LogP contribution in [0.2, 0.25) is 0 Å². The van der Waals surface area contributed by atoms with Crippen LogP contribution < -0.4 is 5.32 Å². The summed E-state index contributed by atoms with van der Waals surface area (Å²) < 4.78 is 46.2. The molecule has 0 saturated carbocycles. The molecule has 0 aliphatic carbocycles. The maximum Gasteiger partial charge on any atom is 0.308 e. The molecule has 1 heterocycles. The molecule has 3 aromatic rings. The van der Waals surface area contributed by atoms with Crippen molar-refractivity contribution in [1.29, 1.82) is 0 Å². The van der Waals surface area contributed by atoms with Crippen LogP contribution in [0, 0.1) is 5.82 Å². The average molecular weight is 483 g/mol. The van der Waals surface area contributed by atoms with Crippen molar-refractivity contribution in [2.75, 3.05) is 18.5 Å². The molecular formula is C25H23FN2O5S. The van der Waals surface area contributed by atoms with Gasteiger partial charge in [-0.15, -0.1) is 0 Å². The number of halogens is 1. The second-order valence-electron chi connectivity index (χ2n) is 7.81. The Morgan fingerprint density at radius 3 is 2.38 bits per heavy atom. The van der Waals surface area contributed by atoms with Crippen LogP contribution in [-0.2, 0) is 30.8 Å².